The van der Waals surface area contributed by atoms with Crippen LogP contribution in [0.25, 0.3) is 0 Å². The van der Waals surface area contributed by atoms with Gasteiger partial charge in [-0.15, -0.1) is 0 Å². The van der Waals surface area contributed by atoms with E-state index in [4.69, 9.17) is 0 Å². The molecule has 0 aromatic rings. The van der Waals surface area contributed by atoms with E-state index in [2.05, 4.69) is 5.32 Å². The second kappa shape index (κ2) is 4.87. The van der Waals surface area contributed by atoms with Gasteiger partial charge in [-0.3, -0.25) is 4.90 Å². The van der Waals surface area contributed by atoms with Crippen LogP contribution in [-0.4, -0.2) is 55.4 Å². The summed E-state index contributed by atoms with van der Waals surface area (Å²) in [5.41, 5.74) is 0. The number of alkyl halides is 4. The van der Waals surface area contributed by atoms with E-state index in [1.54, 1.807) is 0 Å². The molecule has 5 atom stereocenters. The molecule has 2 nitrogen and oxygen atoms in total. The Balaban J connectivity index is 1.99. The zero-order valence-electron chi connectivity index (χ0n) is 8.83. The van der Waals surface area contributed by atoms with Crippen molar-refractivity contribution in [1.82, 2.24) is 10.2 Å². The Morgan fingerprint density at radius 1 is 1.00 bits per heavy atom. The number of nitrogens with zero attached hydrogens (tertiary/aromatic N) is 2. The fourth-order valence-corrected chi connectivity index (χ4v) is 2.32. The molecule has 2 saturated heterocycles. The minimum atomic E-state index is -1.76. The zero-order chi connectivity index (χ0) is 11.7. The first-order valence-electron chi connectivity index (χ1n) is 5.55. The molecule has 0 bridgehead atoms. The van der Waals surface area contributed by atoms with Crippen LogP contribution < -0.4 is 5.32 Å². The fourth-order valence-electron chi connectivity index (χ4n) is 2.32. The first kappa shape index (κ1) is 12.1. The van der Waals surface area contributed by atoms with E-state index in [0.717, 1.165) is 0 Å². The van der Waals surface area contributed by atoms with Gasteiger partial charge in [0.25, 0.3) is 0 Å². The average Bonchev–Trinajstić information content (AvgIpc) is 2.20. The highest BCUT2D eigenvalue weighted by atomic mass is 19.2. The number of halogens is 4. The van der Waals surface area contributed by atoms with Crippen LogP contribution in [0.5, 0.6) is 0 Å². The highest BCUT2D eigenvalue weighted by molar-refractivity contribution is 4.91. The Morgan fingerprint density at radius 3 is 2.25 bits per heavy atom. The molecular formula is C10H15F4N2. The second-order valence-corrected chi connectivity index (χ2v) is 4.45. The Morgan fingerprint density at radius 2 is 1.62 bits per heavy atom. The van der Waals surface area contributed by atoms with Crippen LogP contribution in [0.3, 0.4) is 0 Å². The van der Waals surface area contributed by atoms with Crippen molar-refractivity contribution in [3.8, 4) is 0 Å². The molecule has 1 radical (unpaired) electrons. The van der Waals surface area contributed by atoms with Crippen molar-refractivity contribution < 1.29 is 17.6 Å². The monoisotopic (exact) mass is 239 g/mol. The third-order valence-electron chi connectivity index (χ3n) is 3.10. The minimum absolute atomic E-state index is 0.0538. The summed E-state index contributed by atoms with van der Waals surface area (Å²) in [5.74, 6) is 0. The van der Waals surface area contributed by atoms with Crippen molar-refractivity contribution in [2.75, 3.05) is 19.6 Å². The topological polar surface area (TPSA) is 17.3 Å². The molecule has 16 heavy (non-hydrogen) atoms. The Kier molecular flexibility index (Phi) is 3.69. The van der Waals surface area contributed by atoms with Gasteiger partial charge in [0.05, 0.1) is 0 Å². The van der Waals surface area contributed by atoms with E-state index in [-0.39, 0.29) is 32.5 Å². The maximum atomic E-state index is 13.5. The predicted molar refractivity (Wildman–Crippen MR) is 51.2 cm³/mol. The third kappa shape index (κ3) is 2.48. The largest absolute Gasteiger partial charge is 0.279 e. The molecule has 0 aromatic heterocycles. The summed E-state index contributed by atoms with van der Waals surface area (Å²) in [6, 6.07) is 0. The number of hydrogen-bond acceptors (Lipinski definition) is 1. The molecule has 0 N–H and O–H groups in total. The molecule has 0 aromatic carbocycles. The predicted octanol–water partition coefficient (Wildman–Crippen LogP) is 1.38. The lowest BCUT2D eigenvalue weighted by Crippen LogP contribution is -2.59. The third-order valence-corrected chi connectivity index (χ3v) is 3.10. The molecular weight excluding hydrogens is 224 g/mol. The van der Waals surface area contributed by atoms with Crippen molar-refractivity contribution in [1.29, 1.82) is 0 Å². The molecule has 2 rings (SSSR count). The lowest BCUT2D eigenvalue weighted by Gasteiger charge is -2.40. The molecule has 2 aliphatic heterocycles. The SMILES string of the molecule is FC1CC(F)CN(C2[N]CCC(F)C2F)C1. The first-order valence-corrected chi connectivity index (χ1v) is 5.55. The summed E-state index contributed by atoms with van der Waals surface area (Å²) in [7, 11) is 0. The van der Waals surface area contributed by atoms with Gasteiger partial charge in [-0.2, -0.15) is 0 Å². The van der Waals surface area contributed by atoms with Crippen molar-refractivity contribution in [2.45, 2.75) is 43.7 Å². The van der Waals surface area contributed by atoms with Gasteiger partial charge in [-0.05, 0) is 6.42 Å². The lowest BCUT2D eigenvalue weighted by molar-refractivity contribution is -0.0342. The molecule has 2 heterocycles. The normalized spacial score (nSPS) is 46.9. The highest BCUT2D eigenvalue weighted by Crippen LogP contribution is 2.25. The summed E-state index contributed by atoms with van der Waals surface area (Å²) < 4.78 is 52.9. The van der Waals surface area contributed by atoms with Gasteiger partial charge < -0.3 is 0 Å². The molecule has 5 unspecified atom stereocenters. The number of likely N-dealkylation sites (tertiary alicyclic amines) is 1. The van der Waals surface area contributed by atoms with E-state index in [1.807, 2.05) is 0 Å². The Bertz CT molecular complexity index is 231. The van der Waals surface area contributed by atoms with E-state index in [9.17, 15) is 17.6 Å². The fraction of sp³-hybridized carbons (Fsp3) is 1.00. The summed E-state index contributed by atoms with van der Waals surface area (Å²) in [6.45, 7) is 0.111. The van der Waals surface area contributed by atoms with Crippen LogP contribution in [0.2, 0.25) is 0 Å². The minimum Gasteiger partial charge on any atom is -0.279 e. The number of hydrogen-bond donors (Lipinski definition) is 0. The van der Waals surface area contributed by atoms with Crippen LogP contribution >= 0.6 is 0 Å². The van der Waals surface area contributed by atoms with Crippen LogP contribution in [0, 0.1) is 0 Å². The van der Waals surface area contributed by atoms with Crippen molar-refractivity contribution in [2.24, 2.45) is 0 Å². The number of rotatable bonds is 1. The van der Waals surface area contributed by atoms with Crippen molar-refractivity contribution in [3.63, 3.8) is 0 Å². The first-order chi connectivity index (χ1) is 7.58. The van der Waals surface area contributed by atoms with Crippen LogP contribution in [0.15, 0.2) is 0 Å². The van der Waals surface area contributed by atoms with Gasteiger partial charge in [0, 0.05) is 26.1 Å². The average molecular weight is 239 g/mol. The molecule has 0 aliphatic carbocycles. The zero-order valence-corrected chi connectivity index (χ0v) is 8.83. The smallest absolute Gasteiger partial charge is 0.161 e. The summed E-state index contributed by atoms with van der Waals surface area (Å²) >= 11 is 0. The maximum Gasteiger partial charge on any atom is 0.161 e. The molecule has 6 heteroatoms. The lowest BCUT2D eigenvalue weighted by atomic mass is 10.0. The van der Waals surface area contributed by atoms with Gasteiger partial charge in [0.15, 0.2) is 6.17 Å². The van der Waals surface area contributed by atoms with Gasteiger partial charge in [-0.25, -0.2) is 22.9 Å². The van der Waals surface area contributed by atoms with E-state index in [0.29, 0.717) is 0 Å². The summed E-state index contributed by atoms with van der Waals surface area (Å²) in [4.78, 5) is 1.29. The van der Waals surface area contributed by atoms with Gasteiger partial charge in [-0.1, -0.05) is 0 Å². The van der Waals surface area contributed by atoms with Crippen molar-refractivity contribution in [3.05, 3.63) is 0 Å². The second-order valence-electron chi connectivity index (χ2n) is 4.45. The van der Waals surface area contributed by atoms with Gasteiger partial charge >= 0.3 is 0 Å². The van der Waals surface area contributed by atoms with E-state index < -0.39 is 30.9 Å². The molecule has 0 spiro atoms. The van der Waals surface area contributed by atoms with E-state index >= 15 is 0 Å². The maximum absolute atomic E-state index is 13.5. The molecule has 93 valence electrons. The van der Waals surface area contributed by atoms with Crippen LogP contribution in [-0.2, 0) is 0 Å². The molecule has 0 saturated carbocycles. The van der Waals surface area contributed by atoms with Crippen LogP contribution in [0.4, 0.5) is 17.6 Å². The van der Waals surface area contributed by atoms with E-state index in [1.165, 1.54) is 4.90 Å². The summed E-state index contributed by atoms with van der Waals surface area (Å²) in [5, 5.41) is 3.93. The van der Waals surface area contributed by atoms with Gasteiger partial charge in [0.2, 0.25) is 0 Å². The highest BCUT2D eigenvalue weighted by Gasteiger charge is 2.41. The molecule has 2 aliphatic rings. The van der Waals surface area contributed by atoms with Crippen molar-refractivity contribution >= 4 is 0 Å². The molecule has 0 amide bonds. The molecule has 2 fully saturated rings. The van der Waals surface area contributed by atoms with Crippen LogP contribution in [0.1, 0.15) is 12.8 Å². The Labute approximate surface area is 92.0 Å². The number of piperidine rings is 2. The quantitative estimate of drug-likeness (QED) is 0.632. The summed E-state index contributed by atoms with van der Waals surface area (Å²) in [6.07, 6.45) is -7.06. The van der Waals surface area contributed by atoms with Gasteiger partial charge in [0.1, 0.15) is 24.7 Å². The standard InChI is InChI=1S/C10H15F4N2/c11-6-3-7(12)5-16(4-6)10-9(14)8(13)1-2-15-10/h6-10H,1-5H2. The Hall–Kier alpha value is -0.360.